The Kier molecular flexibility index (Phi) is 4.22. The van der Waals surface area contributed by atoms with Gasteiger partial charge in [0, 0.05) is 18.8 Å². The van der Waals surface area contributed by atoms with Crippen molar-refractivity contribution in [1.82, 2.24) is 4.90 Å². The van der Waals surface area contributed by atoms with Crippen LogP contribution in [0.2, 0.25) is 0 Å². The number of aryl methyl sites for hydroxylation is 2. The van der Waals surface area contributed by atoms with Crippen LogP contribution < -0.4 is 5.32 Å². The molecule has 3 heteroatoms. The quantitative estimate of drug-likeness (QED) is 0.929. The van der Waals surface area contributed by atoms with Crippen LogP contribution in [-0.2, 0) is 11.3 Å². The van der Waals surface area contributed by atoms with E-state index in [0.717, 1.165) is 25.2 Å². The van der Waals surface area contributed by atoms with Crippen molar-refractivity contribution < 1.29 is 4.79 Å². The fourth-order valence-electron chi connectivity index (χ4n) is 2.93. The zero-order valence-corrected chi connectivity index (χ0v) is 14.1. The summed E-state index contributed by atoms with van der Waals surface area (Å²) < 4.78 is 0. The number of benzene rings is 2. The van der Waals surface area contributed by atoms with E-state index < -0.39 is 5.54 Å². The number of anilines is 1. The molecule has 2 aromatic rings. The average molecular weight is 308 g/mol. The van der Waals surface area contributed by atoms with Gasteiger partial charge in [0.15, 0.2) is 0 Å². The van der Waals surface area contributed by atoms with Gasteiger partial charge in [-0.25, -0.2) is 0 Å². The van der Waals surface area contributed by atoms with Gasteiger partial charge in [-0.2, -0.15) is 0 Å². The maximum atomic E-state index is 12.7. The molecule has 2 aromatic carbocycles. The lowest BCUT2D eigenvalue weighted by atomic mass is 9.85. The van der Waals surface area contributed by atoms with E-state index in [4.69, 9.17) is 0 Å². The normalized spacial score (nSPS) is 20.8. The summed E-state index contributed by atoms with van der Waals surface area (Å²) in [7, 11) is 0. The summed E-state index contributed by atoms with van der Waals surface area (Å²) in [5.41, 5.74) is 4.15. The summed E-state index contributed by atoms with van der Waals surface area (Å²) in [5.74, 6) is 0.0831. The van der Waals surface area contributed by atoms with Crippen LogP contribution in [-0.4, -0.2) is 22.9 Å². The summed E-state index contributed by atoms with van der Waals surface area (Å²) in [5, 5.41) is 3.06. The third-order valence-electron chi connectivity index (χ3n) is 4.86. The van der Waals surface area contributed by atoms with Crippen molar-refractivity contribution in [1.29, 1.82) is 0 Å². The van der Waals surface area contributed by atoms with Crippen LogP contribution in [0.4, 0.5) is 5.69 Å². The highest BCUT2D eigenvalue weighted by atomic mass is 16.2. The van der Waals surface area contributed by atoms with Crippen molar-refractivity contribution in [3.8, 4) is 0 Å². The lowest BCUT2D eigenvalue weighted by Crippen LogP contribution is -2.63. The van der Waals surface area contributed by atoms with Gasteiger partial charge in [0.2, 0.25) is 5.91 Å². The fourth-order valence-corrected chi connectivity index (χ4v) is 2.93. The van der Waals surface area contributed by atoms with E-state index in [2.05, 4.69) is 41.4 Å². The van der Waals surface area contributed by atoms with Crippen molar-refractivity contribution in [2.24, 2.45) is 0 Å². The van der Waals surface area contributed by atoms with Gasteiger partial charge in [0.1, 0.15) is 0 Å². The molecule has 23 heavy (non-hydrogen) atoms. The first-order valence-corrected chi connectivity index (χ1v) is 8.16. The Bertz CT molecular complexity index is 691. The molecule has 0 radical (unpaired) electrons. The van der Waals surface area contributed by atoms with Crippen LogP contribution in [0.1, 0.15) is 30.0 Å². The minimum absolute atomic E-state index is 0.0831. The van der Waals surface area contributed by atoms with Gasteiger partial charge in [0.25, 0.3) is 0 Å². The summed E-state index contributed by atoms with van der Waals surface area (Å²) in [6.45, 7) is 7.95. The number of amides is 1. The topological polar surface area (TPSA) is 32.3 Å². The Hall–Kier alpha value is -2.13. The van der Waals surface area contributed by atoms with Crippen molar-refractivity contribution in [2.45, 2.75) is 39.3 Å². The van der Waals surface area contributed by atoms with Gasteiger partial charge in [-0.1, -0.05) is 47.5 Å². The molecule has 0 aromatic heterocycles. The summed E-state index contributed by atoms with van der Waals surface area (Å²) >= 11 is 0. The molecule has 1 fully saturated rings. The Labute approximate surface area is 138 Å². The molecule has 0 saturated carbocycles. The minimum Gasteiger partial charge on any atom is -0.324 e. The van der Waals surface area contributed by atoms with Gasteiger partial charge in [-0.3, -0.25) is 9.69 Å². The smallest absolute Gasteiger partial charge is 0.244 e. The zero-order chi connectivity index (χ0) is 16.4. The number of carbonyl (C=O) groups excluding carboxylic acids is 1. The number of hydrogen-bond donors (Lipinski definition) is 1. The molecule has 0 bridgehead atoms. The number of likely N-dealkylation sites (tertiary alicyclic amines) is 1. The molecule has 3 nitrogen and oxygen atoms in total. The van der Waals surface area contributed by atoms with E-state index in [1.807, 2.05) is 38.1 Å². The molecule has 1 aliphatic heterocycles. The molecule has 1 amide bonds. The molecule has 1 aliphatic rings. The van der Waals surface area contributed by atoms with Crippen LogP contribution in [0, 0.1) is 13.8 Å². The fraction of sp³-hybridized carbons (Fsp3) is 0.350. The number of rotatable bonds is 4. The van der Waals surface area contributed by atoms with Crippen molar-refractivity contribution in [3.63, 3.8) is 0 Å². The number of hydrogen-bond acceptors (Lipinski definition) is 2. The third kappa shape index (κ3) is 3.30. The predicted molar refractivity (Wildman–Crippen MR) is 94.4 cm³/mol. The van der Waals surface area contributed by atoms with E-state index in [-0.39, 0.29) is 5.91 Å². The standard InChI is InChI=1S/C20H24N2O/c1-15-4-8-17(9-5-15)14-22-13-12-20(22,3)19(23)21-18-10-6-16(2)7-11-18/h4-11H,12-14H2,1-3H3,(H,21,23). The highest BCUT2D eigenvalue weighted by Gasteiger charge is 2.46. The summed E-state index contributed by atoms with van der Waals surface area (Å²) in [6, 6.07) is 16.5. The molecule has 1 heterocycles. The molecule has 0 aliphatic carbocycles. The highest BCUT2D eigenvalue weighted by molar-refractivity contribution is 5.98. The first-order valence-electron chi connectivity index (χ1n) is 8.16. The van der Waals surface area contributed by atoms with E-state index in [1.165, 1.54) is 16.7 Å². The molecule has 1 atom stereocenters. The van der Waals surface area contributed by atoms with E-state index in [1.54, 1.807) is 0 Å². The second-order valence-corrected chi connectivity index (χ2v) is 6.75. The lowest BCUT2D eigenvalue weighted by Gasteiger charge is -2.49. The molecule has 1 unspecified atom stereocenters. The Morgan fingerprint density at radius 1 is 1.04 bits per heavy atom. The van der Waals surface area contributed by atoms with Gasteiger partial charge in [0.05, 0.1) is 5.54 Å². The Morgan fingerprint density at radius 3 is 2.13 bits per heavy atom. The zero-order valence-electron chi connectivity index (χ0n) is 14.1. The SMILES string of the molecule is Cc1ccc(CN2CCC2(C)C(=O)Nc2ccc(C)cc2)cc1. The van der Waals surface area contributed by atoms with Gasteiger partial charge in [-0.15, -0.1) is 0 Å². The lowest BCUT2D eigenvalue weighted by molar-refractivity contribution is -0.136. The molecular formula is C20H24N2O. The molecule has 3 rings (SSSR count). The van der Waals surface area contributed by atoms with Crippen molar-refractivity contribution in [2.75, 3.05) is 11.9 Å². The second kappa shape index (κ2) is 6.17. The maximum Gasteiger partial charge on any atom is 0.244 e. The first-order chi connectivity index (χ1) is 11.0. The van der Waals surface area contributed by atoms with Gasteiger partial charge < -0.3 is 5.32 Å². The first kappa shape index (κ1) is 15.8. The van der Waals surface area contributed by atoms with E-state index in [9.17, 15) is 4.79 Å². The van der Waals surface area contributed by atoms with Crippen LogP contribution in [0.3, 0.4) is 0 Å². The Morgan fingerprint density at radius 2 is 1.61 bits per heavy atom. The largest absolute Gasteiger partial charge is 0.324 e. The van der Waals surface area contributed by atoms with Crippen molar-refractivity contribution in [3.05, 3.63) is 65.2 Å². The third-order valence-corrected chi connectivity index (χ3v) is 4.86. The molecule has 1 saturated heterocycles. The van der Waals surface area contributed by atoms with Crippen molar-refractivity contribution >= 4 is 11.6 Å². The number of nitrogens with zero attached hydrogens (tertiary/aromatic N) is 1. The Balaban J connectivity index is 1.66. The molecule has 1 N–H and O–H groups in total. The van der Waals surface area contributed by atoms with Crippen LogP contribution in [0.25, 0.3) is 0 Å². The monoisotopic (exact) mass is 308 g/mol. The van der Waals surface area contributed by atoms with Gasteiger partial charge >= 0.3 is 0 Å². The molecule has 120 valence electrons. The minimum atomic E-state index is -0.421. The molecular weight excluding hydrogens is 284 g/mol. The van der Waals surface area contributed by atoms with E-state index >= 15 is 0 Å². The maximum absolute atomic E-state index is 12.7. The summed E-state index contributed by atoms with van der Waals surface area (Å²) in [4.78, 5) is 15.0. The average Bonchev–Trinajstić information content (AvgIpc) is 2.54. The van der Waals surface area contributed by atoms with Crippen LogP contribution in [0.5, 0.6) is 0 Å². The predicted octanol–water partition coefficient (Wildman–Crippen LogP) is 3.91. The number of carbonyl (C=O) groups is 1. The van der Waals surface area contributed by atoms with Crippen LogP contribution >= 0.6 is 0 Å². The highest BCUT2D eigenvalue weighted by Crippen LogP contribution is 2.33. The van der Waals surface area contributed by atoms with Gasteiger partial charge in [-0.05, 0) is 44.9 Å². The van der Waals surface area contributed by atoms with Crippen LogP contribution in [0.15, 0.2) is 48.5 Å². The second-order valence-electron chi connectivity index (χ2n) is 6.75. The molecule has 0 spiro atoms. The van der Waals surface area contributed by atoms with E-state index in [0.29, 0.717) is 0 Å². The number of nitrogens with one attached hydrogen (secondary N) is 1. The summed E-state index contributed by atoms with van der Waals surface area (Å²) in [6.07, 6.45) is 0.899.